The van der Waals surface area contributed by atoms with Gasteiger partial charge in [0.25, 0.3) is 5.91 Å². The number of esters is 1. The van der Waals surface area contributed by atoms with Crippen LogP contribution in [-0.2, 0) is 16.1 Å². The zero-order chi connectivity index (χ0) is 21.6. The van der Waals surface area contributed by atoms with Gasteiger partial charge in [0.2, 0.25) is 0 Å². The Morgan fingerprint density at radius 2 is 1.79 bits per heavy atom. The molecular formula is C21H26N2O6. The summed E-state index contributed by atoms with van der Waals surface area (Å²) in [7, 11) is 6.05. The lowest BCUT2D eigenvalue weighted by atomic mass is 10.1. The van der Waals surface area contributed by atoms with Crippen molar-refractivity contribution >= 4 is 11.9 Å². The minimum absolute atomic E-state index is 0.205. The molecule has 156 valence electrons. The Hall–Kier alpha value is -3.29. The number of amides is 1. The fraction of sp³-hybridized carbons (Fsp3) is 0.381. The third-order valence-corrected chi connectivity index (χ3v) is 4.47. The molecule has 0 spiro atoms. The predicted octanol–water partition coefficient (Wildman–Crippen LogP) is 2.54. The lowest BCUT2D eigenvalue weighted by molar-refractivity contribution is -0.142. The van der Waals surface area contributed by atoms with Gasteiger partial charge in [-0.25, -0.2) is 4.79 Å². The highest BCUT2D eigenvalue weighted by atomic mass is 16.6. The standard InChI is InChI=1S/C21H26N2O6/c1-13-10-22-16(14(2)20(13)28-6)11-23(3)21(25)15-7-8-17(18(9-15)26-4)29-12-19(24)27-5/h7-10H,11-12H2,1-6H3. The van der Waals surface area contributed by atoms with Crippen LogP contribution in [0.1, 0.15) is 27.2 Å². The quantitative estimate of drug-likeness (QED) is 0.627. The molecule has 0 saturated carbocycles. The maximum atomic E-state index is 12.9. The fourth-order valence-electron chi connectivity index (χ4n) is 2.86. The summed E-state index contributed by atoms with van der Waals surface area (Å²) >= 11 is 0. The smallest absolute Gasteiger partial charge is 0.343 e. The SMILES string of the molecule is COC(=O)COc1ccc(C(=O)N(C)Cc2ncc(C)c(OC)c2C)cc1OC. The molecule has 0 unspecified atom stereocenters. The van der Waals surface area contributed by atoms with Crippen LogP contribution in [0.2, 0.25) is 0 Å². The van der Waals surface area contributed by atoms with Crippen LogP contribution in [-0.4, -0.2) is 56.7 Å². The highest BCUT2D eigenvalue weighted by Gasteiger charge is 2.18. The van der Waals surface area contributed by atoms with Crippen LogP contribution in [0.25, 0.3) is 0 Å². The minimum Gasteiger partial charge on any atom is -0.496 e. The maximum absolute atomic E-state index is 12.9. The van der Waals surface area contributed by atoms with E-state index in [1.807, 2.05) is 13.8 Å². The summed E-state index contributed by atoms with van der Waals surface area (Å²) < 4.78 is 20.6. The van der Waals surface area contributed by atoms with Crippen LogP contribution in [0.15, 0.2) is 24.4 Å². The van der Waals surface area contributed by atoms with Crippen LogP contribution < -0.4 is 14.2 Å². The number of pyridine rings is 1. The second-order valence-electron chi connectivity index (χ2n) is 6.44. The molecular weight excluding hydrogens is 376 g/mol. The van der Waals surface area contributed by atoms with Crippen molar-refractivity contribution in [3.63, 3.8) is 0 Å². The zero-order valence-corrected chi connectivity index (χ0v) is 17.6. The summed E-state index contributed by atoms with van der Waals surface area (Å²) in [6.07, 6.45) is 1.73. The molecule has 0 aliphatic heterocycles. The summed E-state index contributed by atoms with van der Waals surface area (Å²) in [5.74, 6) is 0.744. The van der Waals surface area contributed by atoms with Gasteiger partial charge in [-0.2, -0.15) is 0 Å². The monoisotopic (exact) mass is 402 g/mol. The van der Waals surface area contributed by atoms with E-state index in [-0.39, 0.29) is 12.5 Å². The molecule has 0 saturated heterocycles. The van der Waals surface area contributed by atoms with E-state index >= 15 is 0 Å². The first-order valence-corrected chi connectivity index (χ1v) is 8.94. The van der Waals surface area contributed by atoms with Gasteiger partial charge in [-0.1, -0.05) is 0 Å². The van der Waals surface area contributed by atoms with Crippen LogP contribution in [0.4, 0.5) is 0 Å². The second kappa shape index (κ2) is 9.77. The number of hydrogen-bond donors (Lipinski definition) is 0. The summed E-state index contributed by atoms with van der Waals surface area (Å²) in [5, 5.41) is 0. The Bertz CT molecular complexity index is 897. The average Bonchev–Trinajstić information content (AvgIpc) is 2.73. The molecule has 0 atom stereocenters. The van der Waals surface area contributed by atoms with E-state index in [0.717, 1.165) is 22.6 Å². The van der Waals surface area contributed by atoms with Gasteiger partial charge in [-0.3, -0.25) is 9.78 Å². The molecule has 1 aromatic heterocycles. The Morgan fingerprint density at radius 3 is 2.41 bits per heavy atom. The lowest BCUT2D eigenvalue weighted by Crippen LogP contribution is -2.27. The van der Waals surface area contributed by atoms with Crippen molar-refractivity contribution in [2.75, 3.05) is 35.0 Å². The second-order valence-corrected chi connectivity index (χ2v) is 6.44. The number of nitrogens with zero attached hydrogens (tertiary/aromatic N) is 2. The van der Waals surface area contributed by atoms with Gasteiger partial charge in [0.1, 0.15) is 5.75 Å². The Morgan fingerprint density at radius 1 is 1.07 bits per heavy atom. The number of aryl methyl sites for hydroxylation is 1. The number of carbonyl (C=O) groups is 2. The van der Waals surface area contributed by atoms with Gasteiger partial charge in [0.15, 0.2) is 18.1 Å². The molecule has 8 nitrogen and oxygen atoms in total. The van der Waals surface area contributed by atoms with Crippen LogP contribution in [0.3, 0.4) is 0 Å². The molecule has 0 N–H and O–H groups in total. The average molecular weight is 402 g/mol. The van der Waals surface area contributed by atoms with Crippen molar-refractivity contribution in [2.45, 2.75) is 20.4 Å². The van der Waals surface area contributed by atoms with E-state index in [1.165, 1.54) is 14.2 Å². The topological polar surface area (TPSA) is 87.2 Å². The number of hydrogen-bond acceptors (Lipinski definition) is 7. The molecule has 0 fully saturated rings. The summed E-state index contributed by atoms with van der Waals surface area (Å²) in [6.45, 7) is 3.92. The molecule has 8 heteroatoms. The van der Waals surface area contributed by atoms with E-state index in [4.69, 9.17) is 14.2 Å². The molecule has 0 bridgehead atoms. The van der Waals surface area contributed by atoms with Gasteiger partial charge in [-0.15, -0.1) is 0 Å². The molecule has 29 heavy (non-hydrogen) atoms. The van der Waals surface area contributed by atoms with Gasteiger partial charge in [-0.05, 0) is 32.0 Å². The first-order valence-electron chi connectivity index (χ1n) is 8.94. The molecule has 1 heterocycles. The van der Waals surface area contributed by atoms with Crippen molar-refractivity contribution in [3.8, 4) is 17.2 Å². The van der Waals surface area contributed by atoms with Crippen LogP contribution in [0.5, 0.6) is 17.2 Å². The highest BCUT2D eigenvalue weighted by Crippen LogP contribution is 2.29. The minimum atomic E-state index is -0.511. The zero-order valence-electron chi connectivity index (χ0n) is 17.6. The van der Waals surface area contributed by atoms with Crippen LogP contribution >= 0.6 is 0 Å². The van der Waals surface area contributed by atoms with Crippen molar-refractivity contribution in [3.05, 3.63) is 46.8 Å². The number of rotatable bonds is 8. The molecule has 2 rings (SSSR count). The van der Waals surface area contributed by atoms with Crippen molar-refractivity contribution < 1.29 is 28.5 Å². The third kappa shape index (κ3) is 5.16. The van der Waals surface area contributed by atoms with Gasteiger partial charge >= 0.3 is 5.97 Å². The van der Waals surface area contributed by atoms with Gasteiger partial charge in [0, 0.05) is 29.9 Å². The molecule has 1 aromatic carbocycles. The molecule has 0 aliphatic rings. The van der Waals surface area contributed by atoms with Crippen molar-refractivity contribution in [2.24, 2.45) is 0 Å². The van der Waals surface area contributed by atoms with E-state index in [1.54, 1.807) is 43.5 Å². The molecule has 1 amide bonds. The summed E-state index contributed by atoms with van der Waals surface area (Å²) in [4.78, 5) is 30.1. The number of benzene rings is 1. The summed E-state index contributed by atoms with van der Waals surface area (Å²) in [6, 6.07) is 4.77. The van der Waals surface area contributed by atoms with Crippen molar-refractivity contribution in [1.82, 2.24) is 9.88 Å². The Labute approximate surface area is 170 Å². The summed E-state index contributed by atoms with van der Waals surface area (Å²) in [5.41, 5.74) is 3.02. The predicted molar refractivity (Wildman–Crippen MR) is 107 cm³/mol. The number of carbonyl (C=O) groups excluding carboxylic acids is 2. The normalized spacial score (nSPS) is 10.3. The first-order chi connectivity index (χ1) is 13.8. The third-order valence-electron chi connectivity index (χ3n) is 4.47. The van der Waals surface area contributed by atoms with Gasteiger partial charge in [0.05, 0.1) is 33.6 Å². The molecule has 0 aliphatic carbocycles. The van der Waals surface area contributed by atoms with Gasteiger partial charge < -0.3 is 23.8 Å². The first kappa shape index (κ1) is 22.0. The number of aromatic nitrogens is 1. The van der Waals surface area contributed by atoms with Crippen LogP contribution in [0, 0.1) is 13.8 Å². The van der Waals surface area contributed by atoms with E-state index in [2.05, 4.69) is 9.72 Å². The molecule has 0 radical (unpaired) electrons. The van der Waals surface area contributed by atoms with Crippen molar-refractivity contribution in [1.29, 1.82) is 0 Å². The van der Waals surface area contributed by atoms with E-state index in [0.29, 0.717) is 23.6 Å². The lowest BCUT2D eigenvalue weighted by Gasteiger charge is -2.20. The fourth-order valence-corrected chi connectivity index (χ4v) is 2.86. The number of methoxy groups -OCH3 is 3. The largest absolute Gasteiger partial charge is 0.496 e. The highest BCUT2D eigenvalue weighted by molar-refractivity contribution is 5.94. The number of ether oxygens (including phenoxy) is 4. The maximum Gasteiger partial charge on any atom is 0.343 e. The molecule has 2 aromatic rings. The van der Waals surface area contributed by atoms with E-state index in [9.17, 15) is 9.59 Å². The Balaban J connectivity index is 2.18. The Kier molecular flexibility index (Phi) is 7.41. The van der Waals surface area contributed by atoms with E-state index < -0.39 is 5.97 Å².